The molecule has 70 heavy (non-hydrogen) atoms. The van der Waals surface area contributed by atoms with Crippen LogP contribution in [0.25, 0.3) is 0 Å². The van der Waals surface area contributed by atoms with E-state index in [1.54, 1.807) is 0 Å². The number of unbranched alkanes of at least 4 members (excludes halogenated alkanes) is 25. The fourth-order valence-corrected chi connectivity index (χ4v) is 8.01. The molecule has 0 aromatic rings. The van der Waals surface area contributed by atoms with E-state index in [0.717, 1.165) is 116 Å². The van der Waals surface area contributed by atoms with Crippen molar-refractivity contribution in [1.29, 1.82) is 0 Å². The van der Waals surface area contributed by atoms with E-state index in [9.17, 15) is 14.4 Å². The van der Waals surface area contributed by atoms with Crippen molar-refractivity contribution >= 4 is 17.9 Å². The van der Waals surface area contributed by atoms with Gasteiger partial charge >= 0.3 is 17.9 Å². The molecule has 0 aromatic heterocycles. The zero-order valence-electron chi connectivity index (χ0n) is 45.8. The molecule has 0 aliphatic rings. The molecule has 0 saturated carbocycles. The maximum Gasteiger partial charge on any atom is 0.306 e. The topological polar surface area (TPSA) is 78.9 Å². The number of esters is 3. The van der Waals surface area contributed by atoms with Gasteiger partial charge in [0.05, 0.1) is 0 Å². The van der Waals surface area contributed by atoms with Gasteiger partial charge in [-0.2, -0.15) is 0 Å². The molecule has 6 heteroatoms. The van der Waals surface area contributed by atoms with Crippen molar-refractivity contribution in [2.45, 2.75) is 277 Å². The van der Waals surface area contributed by atoms with Crippen molar-refractivity contribution in [1.82, 2.24) is 0 Å². The summed E-state index contributed by atoms with van der Waals surface area (Å²) >= 11 is 0. The third-order valence-electron chi connectivity index (χ3n) is 12.3. The summed E-state index contributed by atoms with van der Waals surface area (Å²) in [5, 5.41) is 0. The van der Waals surface area contributed by atoms with Crippen LogP contribution in [0.2, 0.25) is 0 Å². The molecule has 0 bridgehead atoms. The van der Waals surface area contributed by atoms with E-state index in [-0.39, 0.29) is 31.1 Å². The largest absolute Gasteiger partial charge is 0.462 e. The molecule has 400 valence electrons. The number of ether oxygens (including phenoxy) is 3. The van der Waals surface area contributed by atoms with Crippen LogP contribution in [0.5, 0.6) is 0 Å². The highest BCUT2D eigenvalue weighted by atomic mass is 16.6. The van der Waals surface area contributed by atoms with Gasteiger partial charge in [0.2, 0.25) is 0 Å². The Balaban J connectivity index is 4.18. The van der Waals surface area contributed by atoms with Crippen LogP contribution < -0.4 is 0 Å². The Hall–Kier alpha value is -3.67. The standard InChI is InChI=1S/C64H108O6/c1-4-7-10-13-16-19-22-24-25-26-27-28-29-30-31-32-33-34-35-36-37-38-39-41-42-45-48-51-54-57-63(66)69-60-61(59-68-62(65)56-53-50-47-44-21-18-15-12-9-6-3)70-64(67)58-55-52-49-46-43-40-23-20-17-14-11-8-5-2/h7-8,10-11,16-17,19-20,24-25,27-28,30-31,40,43,61H,4-6,9,12-15,18,21-23,26,29,32-39,41-42,44-60H2,1-3H3/b10-7-,11-8-,19-16-,20-17-,25-24-,28-27-,31-30-,43-40-. The van der Waals surface area contributed by atoms with Crippen LogP contribution in [0, 0.1) is 0 Å². The van der Waals surface area contributed by atoms with Gasteiger partial charge in [0, 0.05) is 19.3 Å². The summed E-state index contributed by atoms with van der Waals surface area (Å²) in [6.07, 6.45) is 77.1. The summed E-state index contributed by atoms with van der Waals surface area (Å²) in [6.45, 7) is 6.38. The first-order chi connectivity index (χ1) is 34.5. The van der Waals surface area contributed by atoms with Crippen molar-refractivity contribution in [3.63, 3.8) is 0 Å². The maximum atomic E-state index is 12.8. The molecule has 0 aliphatic carbocycles. The molecule has 1 atom stereocenters. The van der Waals surface area contributed by atoms with E-state index in [1.807, 2.05) is 0 Å². The van der Waals surface area contributed by atoms with Gasteiger partial charge in [-0.25, -0.2) is 0 Å². The predicted molar refractivity (Wildman–Crippen MR) is 302 cm³/mol. The third-order valence-corrected chi connectivity index (χ3v) is 12.3. The Labute approximate surface area is 432 Å². The van der Waals surface area contributed by atoms with Crippen molar-refractivity contribution in [3.05, 3.63) is 97.2 Å². The molecule has 6 nitrogen and oxygen atoms in total. The van der Waals surface area contributed by atoms with Gasteiger partial charge in [-0.05, 0) is 96.3 Å². The minimum absolute atomic E-state index is 0.0871. The monoisotopic (exact) mass is 973 g/mol. The molecular formula is C64H108O6. The number of carbonyl (C=O) groups is 3. The lowest BCUT2D eigenvalue weighted by molar-refractivity contribution is -0.167. The SMILES string of the molecule is CC/C=C\C/C=C\C/C=C\C/C=C\C/C=C\CCCCCCCCCCCCCCCC(=O)OCC(COC(=O)CCCCCCCCCCCC)OC(=O)CCCCC/C=C\C/C=C\C/C=C\CC. The first kappa shape index (κ1) is 66.3. The molecule has 0 aliphatic heterocycles. The van der Waals surface area contributed by atoms with Crippen LogP contribution in [-0.4, -0.2) is 37.2 Å². The number of rotatable bonds is 52. The third kappa shape index (κ3) is 55.3. The molecule has 0 saturated heterocycles. The lowest BCUT2D eigenvalue weighted by atomic mass is 10.0. The highest BCUT2D eigenvalue weighted by Crippen LogP contribution is 2.16. The summed E-state index contributed by atoms with van der Waals surface area (Å²) in [5.74, 6) is -0.916. The molecule has 1 unspecified atom stereocenters. The predicted octanol–water partition coefficient (Wildman–Crippen LogP) is 19.7. The van der Waals surface area contributed by atoms with Gasteiger partial charge in [-0.3, -0.25) is 14.4 Å². The number of allylic oxidation sites excluding steroid dienone is 16. The minimum atomic E-state index is -0.790. The second-order valence-corrected chi connectivity index (χ2v) is 19.1. The highest BCUT2D eigenvalue weighted by molar-refractivity contribution is 5.71. The Bertz CT molecular complexity index is 1400. The van der Waals surface area contributed by atoms with E-state index in [0.29, 0.717) is 19.3 Å². The smallest absolute Gasteiger partial charge is 0.306 e. The molecule has 0 radical (unpaired) electrons. The summed E-state index contributed by atoms with van der Waals surface area (Å²) in [5.41, 5.74) is 0. The number of hydrogen-bond acceptors (Lipinski definition) is 6. The molecule has 0 rings (SSSR count). The lowest BCUT2D eigenvalue weighted by Gasteiger charge is -2.18. The molecule has 0 spiro atoms. The molecule has 0 N–H and O–H groups in total. The normalized spacial score (nSPS) is 12.8. The summed E-state index contributed by atoms with van der Waals surface area (Å²) in [6, 6.07) is 0. The van der Waals surface area contributed by atoms with E-state index in [4.69, 9.17) is 14.2 Å². The fraction of sp³-hybridized carbons (Fsp3) is 0.703. The van der Waals surface area contributed by atoms with Crippen molar-refractivity contribution < 1.29 is 28.6 Å². The first-order valence-electron chi connectivity index (χ1n) is 29.2. The fourth-order valence-electron chi connectivity index (χ4n) is 8.01. The van der Waals surface area contributed by atoms with Crippen LogP contribution in [0.1, 0.15) is 271 Å². The minimum Gasteiger partial charge on any atom is -0.462 e. The summed E-state index contributed by atoms with van der Waals surface area (Å²) in [7, 11) is 0. The Morgan fingerprint density at radius 1 is 0.300 bits per heavy atom. The van der Waals surface area contributed by atoms with E-state index in [1.165, 1.54) is 116 Å². The van der Waals surface area contributed by atoms with Crippen molar-refractivity contribution in [3.8, 4) is 0 Å². The average Bonchev–Trinajstić information content (AvgIpc) is 3.36. The van der Waals surface area contributed by atoms with Crippen LogP contribution in [0.3, 0.4) is 0 Å². The maximum absolute atomic E-state index is 12.8. The zero-order valence-corrected chi connectivity index (χ0v) is 45.8. The molecular weight excluding hydrogens is 865 g/mol. The lowest BCUT2D eigenvalue weighted by Crippen LogP contribution is -2.30. The second-order valence-electron chi connectivity index (χ2n) is 19.1. The van der Waals surface area contributed by atoms with Crippen LogP contribution in [0.15, 0.2) is 97.2 Å². The van der Waals surface area contributed by atoms with Crippen LogP contribution in [-0.2, 0) is 28.6 Å². The van der Waals surface area contributed by atoms with E-state index < -0.39 is 6.10 Å². The second kappa shape index (κ2) is 57.9. The Morgan fingerprint density at radius 3 is 0.886 bits per heavy atom. The van der Waals surface area contributed by atoms with E-state index >= 15 is 0 Å². The zero-order chi connectivity index (χ0) is 50.7. The van der Waals surface area contributed by atoms with Crippen LogP contribution in [0.4, 0.5) is 0 Å². The van der Waals surface area contributed by atoms with E-state index in [2.05, 4.69) is 118 Å². The quantitative estimate of drug-likeness (QED) is 0.0262. The van der Waals surface area contributed by atoms with Crippen molar-refractivity contribution in [2.75, 3.05) is 13.2 Å². The van der Waals surface area contributed by atoms with Gasteiger partial charge in [-0.1, -0.05) is 253 Å². The summed E-state index contributed by atoms with van der Waals surface area (Å²) < 4.78 is 16.8. The highest BCUT2D eigenvalue weighted by Gasteiger charge is 2.19. The van der Waals surface area contributed by atoms with Gasteiger partial charge in [0.25, 0.3) is 0 Å². The Kier molecular flexibility index (Phi) is 54.9. The van der Waals surface area contributed by atoms with Gasteiger partial charge < -0.3 is 14.2 Å². The van der Waals surface area contributed by atoms with Crippen LogP contribution >= 0.6 is 0 Å². The Morgan fingerprint density at radius 2 is 0.557 bits per heavy atom. The van der Waals surface area contributed by atoms with Gasteiger partial charge in [0.15, 0.2) is 6.10 Å². The molecule has 0 amide bonds. The average molecular weight is 974 g/mol. The summed E-state index contributed by atoms with van der Waals surface area (Å²) in [4.78, 5) is 38.0. The van der Waals surface area contributed by atoms with Crippen molar-refractivity contribution in [2.24, 2.45) is 0 Å². The number of carbonyl (C=O) groups excluding carboxylic acids is 3. The number of hydrogen-bond donors (Lipinski definition) is 0. The molecule has 0 heterocycles. The first-order valence-corrected chi connectivity index (χ1v) is 29.2. The van der Waals surface area contributed by atoms with Gasteiger partial charge in [-0.15, -0.1) is 0 Å². The van der Waals surface area contributed by atoms with Gasteiger partial charge in [0.1, 0.15) is 13.2 Å². The molecule has 0 aromatic carbocycles. The molecule has 0 fully saturated rings.